The number of para-hydroxylation sites is 1. The maximum atomic E-state index is 10.2. The number of nitrogens with zero attached hydrogens (tertiary/aromatic N) is 1. The summed E-state index contributed by atoms with van der Waals surface area (Å²) in [5.74, 6) is 0. The maximum Gasteiger partial charge on any atom is 0.159 e. The fraction of sp³-hybridized carbons (Fsp3) is 0.333. The second kappa shape index (κ2) is 5.27. The highest BCUT2D eigenvalue weighted by atomic mass is 16.3. The number of nitrogens with one attached hydrogen (secondary N) is 2. The minimum Gasteiger partial charge on any atom is -0.381 e. The van der Waals surface area contributed by atoms with Crippen molar-refractivity contribution in [3.63, 3.8) is 0 Å². The van der Waals surface area contributed by atoms with Crippen molar-refractivity contribution in [2.24, 2.45) is 5.18 Å². The first kappa shape index (κ1) is 9.67. The van der Waals surface area contributed by atoms with Crippen LogP contribution >= 0.6 is 0 Å². The highest BCUT2D eigenvalue weighted by molar-refractivity contribution is 5.42. The van der Waals surface area contributed by atoms with Crippen LogP contribution in [0.3, 0.4) is 0 Å². The normalized spacial score (nSPS) is 12.1. The molecule has 1 aromatic rings. The van der Waals surface area contributed by atoms with Crippen molar-refractivity contribution in [3.8, 4) is 0 Å². The Balaban J connectivity index is 2.38. The molecule has 13 heavy (non-hydrogen) atoms. The van der Waals surface area contributed by atoms with Gasteiger partial charge in [-0.2, -0.15) is 0 Å². The summed E-state index contributed by atoms with van der Waals surface area (Å²) in [6, 6.07) is 9.70. The van der Waals surface area contributed by atoms with Crippen molar-refractivity contribution in [3.05, 3.63) is 35.2 Å². The van der Waals surface area contributed by atoms with Gasteiger partial charge in [-0.25, -0.2) is 0 Å². The third-order valence-electron chi connectivity index (χ3n) is 1.73. The van der Waals surface area contributed by atoms with Crippen LogP contribution < -0.4 is 10.6 Å². The first-order valence-electron chi connectivity index (χ1n) is 4.15. The number of hydrogen-bond donors (Lipinski definition) is 2. The van der Waals surface area contributed by atoms with Gasteiger partial charge in [-0.3, -0.25) is 5.32 Å². The zero-order chi connectivity index (χ0) is 9.52. The van der Waals surface area contributed by atoms with Gasteiger partial charge in [0.1, 0.15) is 0 Å². The van der Waals surface area contributed by atoms with Crippen LogP contribution in [0, 0.1) is 4.91 Å². The van der Waals surface area contributed by atoms with Gasteiger partial charge in [0.25, 0.3) is 0 Å². The van der Waals surface area contributed by atoms with Crippen molar-refractivity contribution in [1.29, 1.82) is 0 Å². The molecule has 0 saturated heterocycles. The number of rotatable bonds is 5. The van der Waals surface area contributed by atoms with Gasteiger partial charge in [-0.15, -0.1) is 4.91 Å². The SMILES string of the molecule is CNC(CNc1ccccc1)N=O. The smallest absolute Gasteiger partial charge is 0.159 e. The van der Waals surface area contributed by atoms with E-state index < -0.39 is 0 Å². The average Bonchev–Trinajstić information content (AvgIpc) is 2.21. The number of anilines is 1. The topological polar surface area (TPSA) is 53.5 Å². The van der Waals surface area contributed by atoms with Gasteiger partial charge in [-0.05, 0) is 24.4 Å². The van der Waals surface area contributed by atoms with Crippen molar-refractivity contribution in [1.82, 2.24) is 5.32 Å². The van der Waals surface area contributed by atoms with Gasteiger partial charge >= 0.3 is 0 Å². The van der Waals surface area contributed by atoms with E-state index in [0.29, 0.717) is 6.54 Å². The second-order valence-corrected chi connectivity index (χ2v) is 2.66. The third-order valence-corrected chi connectivity index (χ3v) is 1.73. The molecule has 0 heterocycles. The number of likely N-dealkylation sites (N-methyl/N-ethyl adjacent to an activating group) is 1. The van der Waals surface area contributed by atoms with E-state index >= 15 is 0 Å². The maximum absolute atomic E-state index is 10.2. The summed E-state index contributed by atoms with van der Waals surface area (Å²) in [4.78, 5) is 10.2. The van der Waals surface area contributed by atoms with E-state index in [2.05, 4.69) is 15.8 Å². The van der Waals surface area contributed by atoms with E-state index in [1.807, 2.05) is 30.3 Å². The highest BCUT2D eigenvalue weighted by Gasteiger charge is 2.02. The Kier molecular flexibility index (Phi) is 3.92. The van der Waals surface area contributed by atoms with E-state index in [1.54, 1.807) is 7.05 Å². The van der Waals surface area contributed by atoms with Crippen LogP contribution in [0.1, 0.15) is 0 Å². The van der Waals surface area contributed by atoms with Crippen LogP contribution in [-0.2, 0) is 0 Å². The summed E-state index contributed by atoms with van der Waals surface area (Å²) >= 11 is 0. The van der Waals surface area contributed by atoms with Gasteiger partial charge in [-0.1, -0.05) is 18.2 Å². The largest absolute Gasteiger partial charge is 0.381 e. The Bertz CT molecular complexity index is 250. The fourth-order valence-electron chi connectivity index (χ4n) is 0.963. The van der Waals surface area contributed by atoms with Crippen LogP contribution in [-0.4, -0.2) is 19.8 Å². The first-order chi connectivity index (χ1) is 6.36. The van der Waals surface area contributed by atoms with Gasteiger partial charge in [0, 0.05) is 5.69 Å². The second-order valence-electron chi connectivity index (χ2n) is 2.66. The summed E-state index contributed by atoms with van der Waals surface area (Å²) < 4.78 is 0. The lowest BCUT2D eigenvalue weighted by Gasteiger charge is -2.09. The zero-order valence-corrected chi connectivity index (χ0v) is 7.53. The van der Waals surface area contributed by atoms with Crippen molar-refractivity contribution in [2.75, 3.05) is 18.9 Å². The van der Waals surface area contributed by atoms with Crippen LogP contribution in [0.15, 0.2) is 35.5 Å². The molecule has 0 bridgehead atoms. The number of benzene rings is 1. The van der Waals surface area contributed by atoms with Gasteiger partial charge < -0.3 is 5.32 Å². The van der Waals surface area contributed by atoms with Crippen LogP contribution in [0.4, 0.5) is 5.69 Å². The Morgan fingerprint density at radius 1 is 1.38 bits per heavy atom. The number of nitroso groups, excluding NO2 is 1. The molecular formula is C9H13N3O. The molecule has 2 N–H and O–H groups in total. The molecule has 4 nitrogen and oxygen atoms in total. The molecule has 0 fully saturated rings. The molecule has 0 aromatic heterocycles. The molecule has 4 heteroatoms. The summed E-state index contributed by atoms with van der Waals surface area (Å²) in [5.41, 5.74) is 0.992. The average molecular weight is 179 g/mol. The molecule has 1 rings (SSSR count). The van der Waals surface area contributed by atoms with Crippen LogP contribution in [0.2, 0.25) is 0 Å². The van der Waals surface area contributed by atoms with E-state index in [0.717, 1.165) is 5.69 Å². The summed E-state index contributed by atoms with van der Waals surface area (Å²) in [5, 5.41) is 8.77. The quantitative estimate of drug-likeness (QED) is 0.672. The van der Waals surface area contributed by atoms with Gasteiger partial charge in [0.05, 0.1) is 6.54 Å². The van der Waals surface area contributed by atoms with Crippen molar-refractivity contribution in [2.45, 2.75) is 6.17 Å². The summed E-state index contributed by atoms with van der Waals surface area (Å²) in [6.07, 6.45) is -0.375. The summed E-state index contributed by atoms with van der Waals surface area (Å²) in [7, 11) is 1.71. The molecule has 0 saturated carbocycles. The van der Waals surface area contributed by atoms with E-state index in [9.17, 15) is 4.91 Å². The lowest BCUT2D eigenvalue weighted by Crippen LogP contribution is -2.30. The Labute approximate surface area is 77.3 Å². The van der Waals surface area contributed by atoms with E-state index in [4.69, 9.17) is 0 Å². The molecular weight excluding hydrogens is 166 g/mol. The zero-order valence-electron chi connectivity index (χ0n) is 7.53. The highest BCUT2D eigenvalue weighted by Crippen LogP contribution is 2.04. The molecule has 0 aliphatic rings. The Morgan fingerprint density at radius 3 is 2.62 bits per heavy atom. The number of hydrogen-bond acceptors (Lipinski definition) is 4. The van der Waals surface area contributed by atoms with Crippen molar-refractivity contribution >= 4 is 5.69 Å². The van der Waals surface area contributed by atoms with Gasteiger partial charge in [0.2, 0.25) is 0 Å². The Morgan fingerprint density at radius 2 is 2.08 bits per heavy atom. The molecule has 1 unspecified atom stereocenters. The minimum atomic E-state index is -0.375. The molecule has 0 aliphatic heterocycles. The molecule has 1 atom stereocenters. The molecule has 0 radical (unpaired) electrons. The predicted octanol–water partition coefficient (Wildman–Crippen LogP) is 1.41. The minimum absolute atomic E-state index is 0.375. The van der Waals surface area contributed by atoms with Gasteiger partial charge in [0.15, 0.2) is 6.17 Å². The molecule has 1 aromatic carbocycles. The lowest BCUT2D eigenvalue weighted by molar-refractivity contribution is 0.609. The third kappa shape index (κ3) is 3.21. The van der Waals surface area contributed by atoms with E-state index in [-0.39, 0.29) is 6.17 Å². The van der Waals surface area contributed by atoms with Crippen LogP contribution in [0.25, 0.3) is 0 Å². The summed E-state index contributed by atoms with van der Waals surface area (Å²) in [6.45, 7) is 0.504. The lowest BCUT2D eigenvalue weighted by atomic mass is 10.3. The van der Waals surface area contributed by atoms with Crippen molar-refractivity contribution < 1.29 is 0 Å². The monoisotopic (exact) mass is 179 g/mol. The molecule has 0 amide bonds. The van der Waals surface area contributed by atoms with Crippen LogP contribution in [0.5, 0.6) is 0 Å². The van der Waals surface area contributed by atoms with E-state index in [1.165, 1.54) is 0 Å². The molecule has 0 spiro atoms. The Hall–Kier alpha value is -1.42. The predicted molar refractivity (Wildman–Crippen MR) is 53.6 cm³/mol. The standard InChI is InChI=1S/C9H13N3O/c1-10-9(12-13)7-11-8-5-3-2-4-6-8/h2-6,9-11H,7H2,1H3. The molecule has 0 aliphatic carbocycles. The molecule has 70 valence electrons. The fourth-order valence-corrected chi connectivity index (χ4v) is 0.963. The first-order valence-corrected chi connectivity index (χ1v) is 4.15.